The van der Waals surface area contributed by atoms with Gasteiger partial charge in [0.15, 0.2) is 0 Å². The Morgan fingerprint density at radius 1 is 1.00 bits per heavy atom. The Morgan fingerprint density at radius 3 is 1.71 bits per heavy atom. The van der Waals surface area contributed by atoms with Gasteiger partial charge in [0.1, 0.15) is 0 Å². The normalized spacial score (nSPS) is 27.1. The van der Waals surface area contributed by atoms with E-state index in [4.69, 9.17) is 10.2 Å². The minimum atomic E-state index is 0.302. The summed E-state index contributed by atoms with van der Waals surface area (Å²) >= 11 is 0. The molecule has 2 N–H and O–H groups in total. The Hall–Kier alpha value is -0.340. The van der Waals surface area contributed by atoms with Crippen LogP contribution in [-0.2, 0) is 0 Å². The van der Waals surface area contributed by atoms with Crippen molar-refractivity contribution in [3.8, 4) is 0 Å². The minimum absolute atomic E-state index is 0.302. The zero-order valence-corrected chi connectivity index (χ0v) is 9.45. The van der Waals surface area contributed by atoms with Crippen molar-refractivity contribution in [3.05, 3.63) is 12.2 Å². The Bertz CT molecular complexity index is 129. The zero-order valence-electron chi connectivity index (χ0n) is 9.45. The number of aliphatic hydroxyl groups is 2. The molecule has 1 aliphatic rings. The molecule has 0 heterocycles. The van der Waals surface area contributed by atoms with Crippen LogP contribution in [-0.4, -0.2) is 23.4 Å². The first-order valence-corrected chi connectivity index (χ1v) is 5.57. The van der Waals surface area contributed by atoms with Gasteiger partial charge in [0.25, 0.3) is 0 Å². The van der Waals surface area contributed by atoms with E-state index in [1.165, 1.54) is 6.42 Å². The van der Waals surface area contributed by atoms with Crippen LogP contribution < -0.4 is 0 Å². The number of hydrogen-bond donors (Lipinski definition) is 2. The molecule has 0 aliphatic heterocycles. The lowest BCUT2D eigenvalue weighted by Crippen LogP contribution is -2.20. The molecule has 0 aromatic rings. The van der Waals surface area contributed by atoms with E-state index in [0.717, 1.165) is 19.3 Å². The van der Waals surface area contributed by atoms with Crippen molar-refractivity contribution < 1.29 is 10.2 Å². The van der Waals surface area contributed by atoms with Gasteiger partial charge in [-0.15, -0.1) is 0 Å². The summed E-state index contributed by atoms with van der Waals surface area (Å²) in [5.74, 6) is 0.928. The van der Waals surface area contributed by atoms with Crippen LogP contribution in [0.15, 0.2) is 12.2 Å². The summed E-state index contributed by atoms with van der Waals surface area (Å²) in [7, 11) is 0. The van der Waals surface area contributed by atoms with E-state index in [1.54, 1.807) is 0 Å². The maximum Gasteiger partial charge on any atom is 0.0459 e. The largest absolute Gasteiger partial charge is 0.396 e. The van der Waals surface area contributed by atoms with E-state index < -0.39 is 0 Å². The zero-order chi connectivity index (χ0) is 10.8. The molecule has 2 nitrogen and oxygen atoms in total. The summed E-state index contributed by atoms with van der Waals surface area (Å²) in [5.41, 5.74) is 0. The maximum atomic E-state index is 8.82. The Labute approximate surface area is 87.7 Å². The van der Waals surface area contributed by atoms with Gasteiger partial charge < -0.3 is 10.2 Å². The van der Waals surface area contributed by atoms with Crippen LogP contribution in [0, 0.1) is 11.8 Å². The van der Waals surface area contributed by atoms with E-state index in [1.807, 2.05) is 26.0 Å². The van der Waals surface area contributed by atoms with Crippen LogP contribution >= 0.6 is 0 Å². The third kappa shape index (κ3) is 6.17. The fourth-order valence-corrected chi connectivity index (χ4v) is 1.73. The molecule has 0 bridgehead atoms. The average Bonchev–Trinajstić information content (AvgIpc) is 2.29. The second-order valence-corrected chi connectivity index (χ2v) is 3.93. The second kappa shape index (κ2) is 9.22. The summed E-state index contributed by atoms with van der Waals surface area (Å²) in [4.78, 5) is 0. The third-order valence-corrected chi connectivity index (χ3v) is 2.74. The molecule has 14 heavy (non-hydrogen) atoms. The Morgan fingerprint density at radius 2 is 1.43 bits per heavy atom. The Kier molecular flexibility index (Phi) is 9.00. The first-order chi connectivity index (χ1) is 6.78. The smallest absolute Gasteiger partial charge is 0.0459 e. The molecule has 0 aromatic carbocycles. The van der Waals surface area contributed by atoms with Gasteiger partial charge >= 0.3 is 0 Å². The summed E-state index contributed by atoms with van der Waals surface area (Å²) < 4.78 is 0. The highest BCUT2D eigenvalue weighted by Crippen LogP contribution is 2.27. The number of aliphatic hydroxyl groups excluding tert-OH is 2. The minimum Gasteiger partial charge on any atom is -0.396 e. The van der Waals surface area contributed by atoms with Gasteiger partial charge in [-0.2, -0.15) is 0 Å². The molecule has 2 atom stereocenters. The van der Waals surface area contributed by atoms with Gasteiger partial charge in [-0.05, 0) is 44.9 Å². The number of rotatable bonds is 2. The highest BCUT2D eigenvalue weighted by Gasteiger charge is 2.20. The maximum absolute atomic E-state index is 8.82. The predicted octanol–water partition coefficient (Wildman–Crippen LogP) is 2.36. The van der Waals surface area contributed by atoms with E-state index in [-0.39, 0.29) is 0 Å². The molecule has 0 amide bonds. The molecule has 1 rings (SSSR count). The monoisotopic (exact) mass is 200 g/mol. The number of allylic oxidation sites excluding steroid dienone is 2. The van der Waals surface area contributed by atoms with Gasteiger partial charge in [-0.1, -0.05) is 18.6 Å². The highest BCUT2D eigenvalue weighted by molar-refractivity contribution is 4.71. The van der Waals surface area contributed by atoms with Crippen LogP contribution in [0.2, 0.25) is 0 Å². The van der Waals surface area contributed by atoms with E-state index >= 15 is 0 Å². The van der Waals surface area contributed by atoms with Crippen molar-refractivity contribution in [3.63, 3.8) is 0 Å². The molecule has 1 fully saturated rings. The SMILES string of the molecule is CC=CC.OCC1CCCC(CO)C1. The van der Waals surface area contributed by atoms with Gasteiger partial charge in [-0.3, -0.25) is 0 Å². The second-order valence-electron chi connectivity index (χ2n) is 3.93. The summed E-state index contributed by atoms with van der Waals surface area (Å²) in [6.45, 7) is 4.60. The molecule has 0 aromatic heterocycles. The topological polar surface area (TPSA) is 40.5 Å². The number of hydrogen-bond acceptors (Lipinski definition) is 2. The first kappa shape index (κ1) is 13.7. The molecule has 0 spiro atoms. The van der Waals surface area contributed by atoms with E-state index in [9.17, 15) is 0 Å². The molecule has 1 aliphatic carbocycles. The lowest BCUT2D eigenvalue weighted by Gasteiger charge is -2.26. The lowest BCUT2D eigenvalue weighted by atomic mass is 9.82. The molecule has 0 radical (unpaired) electrons. The van der Waals surface area contributed by atoms with Crippen molar-refractivity contribution in [2.45, 2.75) is 39.5 Å². The van der Waals surface area contributed by atoms with Crippen molar-refractivity contribution in [2.75, 3.05) is 13.2 Å². The average molecular weight is 200 g/mol. The molecule has 2 unspecified atom stereocenters. The molecular formula is C12H24O2. The quantitative estimate of drug-likeness (QED) is 0.672. The van der Waals surface area contributed by atoms with Gasteiger partial charge in [0.05, 0.1) is 0 Å². The van der Waals surface area contributed by atoms with Crippen molar-refractivity contribution in [2.24, 2.45) is 11.8 Å². The lowest BCUT2D eigenvalue weighted by molar-refractivity contribution is 0.121. The molecule has 0 saturated heterocycles. The van der Waals surface area contributed by atoms with Gasteiger partial charge in [0, 0.05) is 13.2 Å². The Balaban J connectivity index is 0.000000364. The van der Waals surface area contributed by atoms with Gasteiger partial charge in [0.2, 0.25) is 0 Å². The fraction of sp³-hybridized carbons (Fsp3) is 0.833. The summed E-state index contributed by atoms with van der Waals surface area (Å²) in [5, 5.41) is 17.6. The predicted molar refractivity (Wildman–Crippen MR) is 60.1 cm³/mol. The first-order valence-electron chi connectivity index (χ1n) is 5.57. The van der Waals surface area contributed by atoms with Crippen molar-refractivity contribution >= 4 is 0 Å². The van der Waals surface area contributed by atoms with Crippen LogP contribution in [0.3, 0.4) is 0 Å². The standard InChI is InChI=1S/C8H16O2.C4H8/c9-5-7-2-1-3-8(4-7)6-10;1-3-4-2/h7-10H,1-6H2;3-4H,1-2H3. The molecule has 84 valence electrons. The third-order valence-electron chi connectivity index (χ3n) is 2.74. The van der Waals surface area contributed by atoms with Crippen molar-refractivity contribution in [1.82, 2.24) is 0 Å². The molecule has 2 heteroatoms. The van der Waals surface area contributed by atoms with Crippen molar-refractivity contribution in [1.29, 1.82) is 0 Å². The molecular weight excluding hydrogens is 176 g/mol. The summed E-state index contributed by atoms with van der Waals surface area (Å²) in [6, 6.07) is 0. The summed E-state index contributed by atoms with van der Waals surface area (Å²) in [6.07, 6.45) is 8.49. The van der Waals surface area contributed by atoms with Crippen LogP contribution in [0.1, 0.15) is 39.5 Å². The van der Waals surface area contributed by atoms with Gasteiger partial charge in [-0.25, -0.2) is 0 Å². The highest BCUT2D eigenvalue weighted by atomic mass is 16.3. The fourth-order valence-electron chi connectivity index (χ4n) is 1.73. The van der Waals surface area contributed by atoms with Crippen LogP contribution in [0.5, 0.6) is 0 Å². The van der Waals surface area contributed by atoms with E-state index in [2.05, 4.69) is 0 Å². The van der Waals surface area contributed by atoms with E-state index in [0.29, 0.717) is 25.0 Å². The molecule has 1 saturated carbocycles. The van der Waals surface area contributed by atoms with Crippen LogP contribution in [0.25, 0.3) is 0 Å². The van der Waals surface area contributed by atoms with Crippen LogP contribution in [0.4, 0.5) is 0 Å².